The lowest BCUT2D eigenvalue weighted by Gasteiger charge is -2.37. The molecule has 2 aliphatic rings. The Labute approximate surface area is 129 Å². The van der Waals surface area contributed by atoms with Crippen molar-refractivity contribution in [2.24, 2.45) is 5.92 Å². The molecule has 20 heavy (non-hydrogen) atoms. The summed E-state index contributed by atoms with van der Waals surface area (Å²) in [6.45, 7) is 7.55. The Morgan fingerprint density at radius 1 is 1.25 bits per heavy atom. The summed E-state index contributed by atoms with van der Waals surface area (Å²) in [4.78, 5) is 5.01. The minimum absolute atomic E-state index is 0.424. The van der Waals surface area contributed by atoms with Gasteiger partial charge >= 0.3 is 0 Å². The van der Waals surface area contributed by atoms with Gasteiger partial charge in [-0.3, -0.25) is 4.90 Å². The number of benzene rings is 1. The predicted octanol–water partition coefficient (Wildman–Crippen LogP) is 3.03. The van der Waals surface area contributed by atoms with Gasteiger partial charge in [-0.05, 0) is 43.9 Å². The molecule has 0 radical (unpaired) electrons. The molecule has 0 amide bonds. The Kier molecular flexibility index (Phi) is 4.34. The van der Waals surface area contributed by atoms with Crippen molar-refractivity contribution >= 4 is 21.6 Å². The molecule has 3 rings (SSSR count). The number of piperazine rings is 1. The van der Waals surface area contributed by atoms with Gasteiger partial charge in [-0.15, -0.1) is 0 Å². The van der Waals surface area contributed by atoms with Gasteiger partial charge in [-0.25, -0.2) is 0 Å². The highest BCUT2D eigenvalue weighted by atomic mass is 79.9. The van der Waals surface area contributed by atoms with E-state index in [1.165, 1.54) is 25.1 Å². The third kappa shape index (κ3) is 3.35. The van der Waals surface area contributed by atoms with Crippen molar-refractivity contribution in [1.29, 1.82) is 0 Å². The zero-order valence-corrected chi connectivity index (χ0v) is 13.6. The summed E-state index contributed by atoms with van der Waals surface area (Å²) in [5, 5.41) is 9.98. The van der Waals surface area contributed by atoms with Crippen LogP contribution in [0.5, 0.6) is 0 Å². The van der Waals surface area contributed by atoms with Crippen molar-refractivity contribution in [3.8, 4) is 0 Å². The summed E-state index contributed by atoms with van der Waals surface area (Å²) in [6, 6.07) is 6.23. The smallest absolute Gasteiger partial charge is 0.0782 e. The quantitative estimate of drug-likeness (QED) is 0.913. The zero-order valence-electron chi connectivity index (χ0n) is 12.1. The van der Waals surface area contributed by atoms with Crippen LogP contribution in [-0.4, -0.2) is 42.7 Å². The Morgan fingerprint density at radius 2 is 1.95 bits per heavy atom. The molecule has 0 aromatic heterocycles. The molecule has 0 spiro atoms. The van der Waals surface area contributed by atoms with Crippen LogP contribution >= 0.6 is 15.9 Å². The van der Waals surface area contributed by atoms with Crippen LogP contribution in [0.2, 0.25) is 0 Å². The molecule has 1 saturated carbocycles. The van der Waals surface area contributed by atoms with Gasteiger partial charge in [-0.1, -0.05) is 15.9 Å². The lowest BCUT2D eigenvalue weighted by atomic mass is 10.1. The molecule has 1 aliphatic carbocycles. The number of aliphatic hydroxyl groups excluding tert-OH is 1. The Morgan fingerprint density at radius 3 is 2.55 bits per heavy atom. The number of hydrogen-bond acceptors (Lipinski definition) is 3. The van der Waals surface area contributed by atoms with Crippen LogP contribution in [0.15, 0.2) is 22.7 Å². The number of anilines is 1. The van der Waals surface area contributed by atoms with Crippen molar-refractivity contribution in [3.63, 3.8) is 0 Å². The number of hydrogen-bond donors (Lipinski definition) is 1. The first kappa shape index (κ1) is 14.4. The van der Waals surface area contributed by atoms with E-state index in [0.717, 1.165) is 42.1 Å². The van der Waals surface area contributed by atoms with Gasteiger partial charge in [0.2, 0.25) is 0 Å². The molecule has 3 nitrogen and oxygen atoms in total. The van der Waals surface area contributed by atoms with Gasteiger partial charge in [0.15, 0.2) is 0 Å². The zero-order chi connectivity index (χ0) is 14.1. The fourth-order valence-electron chi connectivity index (χ4n) is 2.98. The average Bonchev–Trinajstić information content (AvgIpc) is 3.24. The molecule has 2 fully saturated rings. The highest BCUT2D eigenvalue weighted by Crippen LogP contribution is 2.32. The second-order valence-electron chi connectivity index (χ2n) is 6.11. The standard InChI is InChI=1S/C16H23BrN2O/c1-12(20)15-10-14(17)4-5-16(15)19-8-6-18(7-9-19)11-13-2-3-13/h4-5,10,12-13,20H,2-3,6-9,11H2,1H3. The maximum Gasteiger partial charge on any atom is 0.0782 e. The summed E-state index contributed by atoms with van der Waals surface area (Å²) in [7, 11) is 0. The number of halogens is 1. The highest BCUT2D eigenvalue weighted by Gasteiger charge is 2.27. The van der Waals surface area contributed by atoms with Gasteiger partial charge in [0.1, 0.15) is 0 Å². The highest BCUT2D eigenvalue weighted by molar-refractivity contribution is 9.10. The summed E-state index contributed by atoms with van der Waals surface area (Å²) in [5.74, 6) is 0.974. The maximum atomic E-state index is 9.98. The summed E-state index contributed by atoms with van der Waals surface area (Å²) in [6.07, 6.45) is 2.44. The lowest BCUT2D eigenvalue weighted by molar-refractivity contribution is 0.198. The van der Waals surface area contributed by atoms with Crippen molar-refractivity contribution < 1.29 is 5.11 Å². The van der Waals surface area contributed by atoms with E-state index >= 15 is 0 Å². The minimum Gasteiger partial charge on any atom is -0.389 e. The molecular weight excluding hydrogens is 316 g/mol. The number of aliphatic hydroxyl groups is 1. The first-order valence-corrected chi connectivity index (χ1v) is 8.37. The van der Waals surface area contributed by atoms with Crippen molar-refractivity contribution in [2.75, 3.05) is 37.6 Å². The van der Waals surface area contributed by atoms with Crippen molar-refractivity contribution in [1.82, 2.24) is 4.90 Å². The third-order valence-corrected chi connectivity index (χ3v) is 4.86. The Balaban J connectivity index is 1.67. The van der Waals surface area contributed by atoms with E-state index in [2.05, 4.69) is 37.9 Å². The van der Waals surface area contributed by atoms with Crippen LogP contribution in [0.4, 0.5) is 5.69 Å². The van der Waals surface area contributed by atoms with Gasteiger partial charge in [-0.2, -0.15) is 0 Å². The largest absolute Gasteiger partial charge is 0.389 e. The van der Waals surface area contributed by atoms with Crippen LogP contribution in [0, 0.1) is 5.92 Å². The van der Waals surface area contributed by atoms with Crippen molar-refractivity contribution in [3.05, 3.63) is 28.2 Å². The molecular formula is C16H23BrN2O. The fraction of sp³-hybridized carbons (Fsp3) is 0.625. The molecule has 1 aromatic carbocycles. The van der Waals surface area contributed by atoms with Gasteiger partial charge in [0.05, 0.1) is 6.10 Å². The molecule has 0 bridgehead atoms. The molecule has 4 heteroatoms. The number of nitrogens with zero attached hydrogens (tertiary/aromatic N) is 2. The SMILES string of the molecule is CC(O)c1cc(Br)ccc1N1CCN(CC2CC2)CC1. The first-order valence-electron chi connectivity index (χ1n) is 7.58. The molecule has 1 atom stereocenters. The topological polar surface area (TPSA) is 26.7 Å². The average molecular weight is 339 g/mol. The van der Waals surface area contributed by atoms with E-state index in [9.17, 15) is 5.11 Å². The predicted molar refractivity (Wildman–Crippen MR) is 86.2 cm³/mol. The van der Waals surface area contributed by atoms with Gasteiger partial charge in [0, 0.05) is 48.4 Å². The van der Waals surface area contributed by atoms with E-state index in [-0.39, 0.29) is 0 Å². The first-order chi connectivity index (χ1) is 9.63. The van der Waals surface area contributed by atoms with Crippen LogP contribution < -0.4 is 4.90 Å². The monoisotopic (exact) mass is 338 g/mol. The molecule has 1 heterocycles. The molecule has 1 aliphatic heterocycles. The number of rotatable bonds is 4. The van der Waals surface area contributed by atoms with Crippen LogP contribution in [-0.2, 0) is 0 Å². The Bertz CT molecular complexity index is 466. The molecule has 110 valence electrons. The van der Waals surface area contributed by atoms with E-state index in [4.69, 9.17) is 0 Å². The molecule has 1 unspecified atom stereocenters. The van der Waals surface area contributed by atoms with E-state index < -0.39 is 6.10 Å². The Hall–Kier alpha value is -0.580. The third-order valence-electron chi connectivity index (χ3n) is 4.37. The second-order valence-corrected chi connectivity index (χ2v) is 7.03. The molecule has 1 N–H and O–H groups in total. The summed E-state index contributed by atoms with van der Waals surface area (Å²) >= 11 is 3.49. The van der Waals surface area contributed by atoms with Crippen molar-refractivity contribution in [2.45, 2.75) is 25.9 Å². The van der Waals surface area contributed by atoms with Gasteiger partial charge in [0.25, 0.3) is 0 Å². The summed E-state index contributed by atoms with van der Waals surface area (Å²) < 4.78 is 1.03. The normalized spacial score (nSPS) is 22.1. The van der Waals surface area contributed by atoms with Crippen LogP contribution in [0.3, 0.4) is 0 Å². The van der Waals surface area contributed by atoms with E-state index in [0.29, 0.717) is 0 Å². The minimum atomic E-state index is -0.424. The van der Waals surface area contributed by atoms with Crippen LogP contribution in [0.25, 0.3) is 0 Å². The van der Waals surface area contributed by atoms with E-state index in [1.54, 1.807) is 0 Å². The summed E-state index contributed by atoms with van der Waals surface area (Å²) in [5.41, 5.74) is 2.21. The molecule has 1 aromatic rings. The fourth-order valence-corrected chi connectivity index (χ4v) is 3.36. The van der Waals surface area contributed by atoms with E-state index in [1.807, 2.05) is 13.0 Å². The lowest BCUT2D eigenvalue weighted by Crippen LogP contribution is -2.47. The molecule has 1 saturated heterocycles. The second kappa shape index (κ2) is 6.04. The maximum absolute atomic E-state index is 9.98. The van der Waals surface area contributed by atoms with Crippen LogP contribution in [0.1, 0.15) is 31.4 Å². The van der Waals surface area contributed by atoms with Gasteiger partial charge < -0.3 is 10.0 Å².